The molecule has 5 heteroatoms. The van der Waals surface area contributed by atoms with Crippen molar-refractivity contribution in [2.24, 2.45) is 0 Å². The zero-order valence-corrected chi connectivity index (χ0v) is 9.27. The second kappa shape index (κ2) is 4.47. The number of aromatic nitrogens is 2. The van der Waals surface area contributed by atoms with Crippen LogP contribution in [0, 0.1) is 0 Å². The number of hydrogen-bond acceptors (Lipinski definition) is 3. The van der Waals surface area contributed by atoms with Crippen molar-refractivity contribution in [3.63, 3.8) is 0 Å². The topological polar surface area (TPSA) is 66.1 Å². The fourth-order valence-electron chi connectivity index (χ4n) is 2.14. The van der Waals surface area contributed by atoms with E-state index in [1.165, 1.54) is 12.1 Å². The molecule has 86 valence electrons. The molecule has 1 aliphatic rings. The second-order valence-corrected chi connectivity index (χ2v) is 4.01. The molecule has 1 aromatic heterocycles. The van der Waals surface area contributed by atoms with Gasteiger partial charge >= 0.3 is 0 Å². The van der Waals surface area contributed by atoms with Crippen molar-refractivity contribution in [1.82, 2.24) is 15.1 Å². The number of H-pyrrole nitrogens is 1. The number of hydrogen-bond donors (Lipinski definition) is 1. The molecule has 1 amide bonds. The standard InChI is InChI=1S/C11H15N3O2/c1-2-8-4-3-7-14(8)11(16)9-5-6-10(15)13-12-9/h5-6,8H,2-4,7H2,1H3,(H,13,15). The first kappa shape index (κ1) is 10.9. The molecule has 0 aliphatic carbocycles. The Morgan fingerprint density at radius 1 is 1.62 bits per heavy atom. The summed E-state index contributed by atoms with van der Waals surface area (Å²) < 4.78 is 0. The van der Waals surface area contributed by atoms with E-state index in [1.54, 1.807) is 0 Å². The first-order chi connectivity index (χ1) is 7.72. The predicted octanol–water partition coefficient (Wildman–Crippen LogP) is 0.784. The summed E-state index contributed by atoms with van der Waals surface area (Å²) in [6.45, 7) is 2.87. The van der Waals surface area contributed by atoms with Crippen LogP contribution in [0.15, 0.2) is 16.9 Å². The molecule has 5 nitrogen and oxygen atoms in total. The van der Waals surface area contributed by atoms with E-state index in [2.05, 4.69) is 17.1 Å². The third-order valence-corrected chi connectivity index (χ3v) is 3.01. The van der Waals surface area contributed by atoms with Gasteiger partial charge in [0.2, 0.25) is 0 Å². The van der Waals surface area contributed by atoms with Crippen LogP contribution in [0.4, 0.5) is 0 Å². The van der Waals surface area contributed by atoms with Gasteiger partial charge in [0.05, 0.1) is 0 Å². The minimum Gasteiger partial charge on any atom is -0.334 e. The van der Waals surface area contributed by atoms with Crippen molar-refractivity contribution in [3.05, 3.63) is 28.2 Å². The van der Waals surface area contributed by atoms with E-state index >= 15 is 0 Å². The van der Waals surface area contributed by atoms with Crippen molar-refractivity contribution in [1.29, 1.82) is 0 Å². The van der Waals surface area contributed by atoms with Gasteiger partial charge in [0.1, 0.15) is 5.69 Å². The molecule has 1 fully saturated rings. The van der Waals surface area contributed by atoms with Gasteiger partial charge in [-0.15, -0.1) is 0 Å². The van der Waals surface area contributed by atoms with Crippen LogP contribution in [0.1, 0.15) is 36.7 Å². The Bertz CT molecular complexity index is 421. The largest absolute Gasteiger partial charge is 0.334 e. The molecule has 1 aromatic rings. The lowest BCUT2D eigenvalue weighted by Gasteiger charge is -2.22. The second-order valence-electron chi connectivity index (χ2n) is 4.01. The van der Waals surface area contributed by atoms with Gasteiger partial charge in [-0.1, -0.05) is 6.92 Å². The molecule has 0 spiro atoms. The molecule has 0 bridgehead atoms. The molecule has 0 radical (unpaired) electrons. The lowest BCUT2D eigenvalue weighted by Crippen LogP contribution is -2.36. The number of amides is 1. The van der Waals surface area contributed by atoms with Crippen LogP contribution in [-0.2, 0) is 0 Å². The van der Waals surface area contributed by atoms with Crippen LogP contribution >= 0.6 is 0 Å². The highest BCUT2D eigenvalue weighted by atomic mass is 16.2. The third kappa shape index (κ3) is 1.98. The summed E-state index contributed by atoms with van der Waals surface area (Å²) in [6.07, 6.45) is 3.08. The molecular formula is C11H15N3O2. The van der Waals surface area contributed by atoms with E-state index in [4.69, 9.17) is 0 Å². The number of likely N-dealkylation sites (tertiary alicyclic amines) is 1. The van der Waals surface area contributed by atoms with Gasteiger partial charge in [-0.05, 0) is 25.3 Å². The fraction of sp³-hybridized carbons (Fsp3) is 0.545. The molecule has 2 rings (SSSR count). The van der Waals surface area contributed by atoms with E-state index < -0.39 is 0 Å². The minimum absolute atomic E-state index is 0.0828. The summed E-state index contributed by atoms with van der Waals surface area (Å²) >= 11 is 0. The van der Waals surface area contributed by atoms with E-state index in [1.807, 2.05) is 4.90 Å². The zero-order chi connectivity index (χ0) is 11.5. The van der Waals surface area contributed by atoms with Crippen LogP contribution in [0.5, 0.6) is 0 Å². The summed E-state index contributed by atoms with van der Waals surface area (Å²) in [5, 5.41) is 6.05. The Morgan fingerprint density at radius 3 is 3.06 bits per heavy atom. The average molecular weight is 221 g/mol. The monoisotopic (exact) mass is 221 g/mol. The van der Waals surface area contributed by atoms with Gasteiger partial charge in [0.15, 0.2) is 0 Å². The van der Waals surface area contributed by atoms with Crippen LogP contribution < -0.4 is 5.56 Å². The smallest absolute Gasteiger partial charge is 0.274 e. The molecule has 1 atom stereocenters. The Kier molecular flexibility index (Phi) is 3.03. The third-order valence-electron chi connectivity index (χ3n) is 3.01. The highest BCUT2D eigenvalue weighted by Crippen LogP contribution is 2.21. The summed E-state index contributed by atoms with van der Waals surface area (Å²) in [5.41, 5.74) is 0.0324. The van der Waals surface area contributed by atoms with Gasteiger partial charge in [0, 0.05) is 18.7 Å². The SMILES string of the molecule is CCC1CCCN1C(=O)c1ccc(=O)[nH]n1. The predicted molar refractivity (Wildman–Crippen MR) is 59.2 cm³/mol. The lowest BCUT2D eigenvalue weighted by molar-refractivity contribution is 0.0726. The van der Waals surface area contributed by atoms with Gasteiger partial charge in [0.25, 0.3) is 11.5 Å². The van der Waals surface area contributed by atoms with Crippen molar-refractivity contribution in [3.8, 4) is 0 Å². The maximum Gasteiger partial charge on any atom is 0.274 e. The Hall–Kier alpha value is -1.65. The first-order valence-electron chi connectivity index (χ1n) is 5.59. The van der Waals surface area contributed by atoms with Crippen molar-refractivity contribution in [2.45, 2.75) is 32.2 Å². The molecule has 16 heavy (non-hydrogen) atoms. The van der Waals surface area contributed by atoms with Gasteiger partial charge in [-0.2, -0.15) is 5.10 Å². The Morgan fingerprint density at radius 2 is 2.44 bits per heavy atom. The normalized spacial score (nSPS) is 20.1. The molecule has 0 aromatic carbocycles. The van der Waals surface area contributed by atoms with Crippen molar-refractivity contribution < 1.29 is 4.79 Å². The van der Waals surface area contributed by atoms with Gasteiger partial charge in [-0.3, -0.25) is 9.59 Å². The molecule has 1 saturated heterocycles. The summed E-state index contributed by atoms with van der Waals surface area (Å²) in [7, 11) is 0. The molecule has 0 saturated carbocycles. The first-order valence-corrected chi connectivity index (χ1v) is 5.59. The van der Waals surface area contributed by atoms with Crippen LogP contribution in [0.3, 0.4) is 0 Å². The van der Waals surface area contributed by atoms with Crippen molar-refractivity contribution >= 4 is 5.91 Å². The van der Waals surface area contributed by atoms with Crippen LogP contribution in [0.2, 0.25) is 0 Å². The Labute approximate surface area is 93.5 Å². The summed E-state index contributed by atoms with van der Waals surface area (Å²) in [4.78, 5) is 24.8. The van der Waals surface area contributed by atoms with Crippen LogP contribution in [0.25, 0.3) is 0 Å². The number of nitrogens with zero attached hydrogens (tertiary/aromatic N) is 2. The van der Waals surface area contributed by atoms with E-state index in [9.17, 15) is 9.59 Å². The van der Waals surface area contributed by atoms with E-state index in [0.717, 1.165) is 25.8 Å². The van der Waals surface area contributed by atoms with E-state index in [-0.39, 0.29) is 11.5 Å². The molecule has 1 aliphatic heterocycles. The minimum atomic E-state index is -0.287. The summed E-state index contributed by atoms with van der Waals surface area (Å²) in [5.74, 6) is -0.0828. The number of carbonyl (C=O) groups excluding carboxylic acids is 1. The van der Waals surface area contributed by atoms with E-state index in [0.29, 0.717) is 11.7 Å². The quantitative estimate of drug-likeness (QED) is 0.802. The van der Waals surface area contributed by atoms with Gasteiger partial charge in [-0.25, -0.2) is 5.10 Å². The lowest BCUT2D eigenvalue weighted by atomic mass is 10.1. The van der Waals surface area contributed by atoms with Gasteiger partial charge < -0.3 is 4.90 Å². The number of carbonyl (C=O) groups is 1. The number of rotatable bonds is 2. The average Bonchev–Trinajstić information content (AvgIpc) is 2.77. The highest BCUT2D eigenvalue weighted by Gasteiger charge is 2.28. The highest BCUT2D eigenvalue weighted by molar-refractivity contribution is 5.92. The molecule has 1 N–H and O–H groups in total. The maximum atomic E-state index is 12.1. The number of nitrogens with one attached hydrogen (secondary N) is 1. The fourth-order valence-corrected chi connectivity index (χ4v) is 2.14. The summed E-state index contributed by atoms with van der Waals surface area (Å²) in [6, 6.07) is 3.13. The molecular weight excluding hydrogens is 206 g/mol. The molecule has 2 heterocycles. The maximum absolute atomic E-state index is 12.1. The van der Waals surface area contributed by atoms with Crippen LogP contribution in [-0.4, -0.2) is 33.6 Å². The van der Waals surface area contributed by atoms with Crippen molar-refractivity contribution in [2.75, 3.05) is 6.54 Å². The Balaban J connectivity index is 2.18. The zero-order valence-electron chi connectivity index (χ0n) is 9.27. The molecule has 1 unspecified atom stereocenters. The number of aromatic amines is 1.